The van der Waals surface area contributed by atoms with Crippen LogP contribution in [0.1, 0.15) is 25.7 Å². The van der Waals surface area contributed by atoms with Gasteiger partial charge in [-0.1, -0.05) is 11.6 Å². The Labute approximate surface area is 140 Å². The molecule has 2 aliphatic rings. The second-order valence-corrected chi connectivity index (χ2v) is 8.73. The minimum absolute atomic E-state index is 0.106. The van der Waals surface area contributed by atoms with Crippen LogP contribution < -0.4 is 5.32 Å². The fourth-order valence-corrected chi connectivity index (χ4v) is 5.37. The SMILES string of the molecule is O=C1CC2CC(S(=O)(=O)c3ccc(Cl)cc3)CCC(N2)/C1=C/O. The number of Topliss-reactive ketones (excluding diaryl/α,β-unsaturated/α-hetero) is 1. The number of carbonyl (C=O) groups is 1. The van der Waals surface area contributed by atoms with E-state index < -0.39 is 15.1 Å². The molecule has 2 fully saturated rings. The molecule has 5 nitrogen and oxygen atoms in total. The molecule has 3 rings (SSSR count). The molecule has 0 aromatic heterocycles. The summed E-state index contributed by atoms with van der Waals surface area (Å²) in [5.74, 6) is -0.106. The lowest BCUT2D eigenvalue weighted by Gasteiger charge is -2.29. The second kappa shape index (κ2) is 6.26. The summed E-state index contributed by atoms with van der Waals surface area (Å²) in [6.45, 7) is 0. The van der Waals surface area contributed by atoms with E-state index in [9.17, 15) is 18.3 Å². The van der Waals surface area contributed by atoms with Gasteiger partial charge in [0.1, 0.15) is 0 Å². The maximum Gasteiger partial charge on any atom is 0.181 e. The van der Waals surface area contributed by atoms with Crippen LogP contribution in [0.4, 0.5) is 0 Å². The first-order valence-corrected chi connectivity index (χ1v) is 9.47. The smallest absolute Gasteiger partial charge is 0.181 e. The highest BCUT2D eigenvalue weighted by atomic mass is 35.5. The van der Waals surface area contributed by atoms with Gasteiger partial charge in [0.2, 0.25) is 0 Å². The lowest BCUT2D eigenvalue weighted by Crippen LogP contribution is -2.46. The van der Waals surface area contributed by atoms with Gasteiger partial charge < -0.3 is 10.4 Å². The van der Waals surface area contributed by atoms with Crippen molar-refractivity contribution in [3.63, 3.8) is 0 Å². The van der Waals surface area contributed by atoms with Gasteiger partial charge >= 0.3 is 0 Å². The maximum absolute atomic E-state index is 12.9. The van der Waals surface area contributed by atoms with Gasteiger partial charge in [-0.2, -0.15) is 0 Å². The van der Waals surface area contributed by atoms with E-state index in [1.165, 1.54) is 12.1 Å². The van der Waals surface area contributed by atoms with Crippen LogP contribution in [0.3, 0.4) is 0 Å². The van der Waals surface area contributed by atoms with E-state index in [0.717, 1.165) is 6.26 Å². The number of hydrogen-bond donors (Lipinski definition) is 2. The number of piperidine rings is 1. The number of aliphatic hydroxyl groups excluding tert-OH is 1. The van der Waals surface area contributed by atoms with Gasteiger partial charge in [-0.3, -0.25) is 4.79 Å². The summed E-state index contributed by atoms with van der Waals surface area (Å²) in [6, 6.07) is 5.73. The highest BCUT2D eigenvalue weighted by molar-refractivity contribution is 7.92. The summed E-state index contributed by atoms with van der Waals surface area (Å²) in [5.41, 5.74) is 0.353. The molecule has 2 aliphatic heterocycles. The highest BCUT2D eigenvalue weighted by Crippen LogP contribution is 2.32. The Bertz CT molecular complexity index is 742. The van der Waals surface area contributed by atoms with E-state index in [2.05, 4.69) is 5.32 Å². The Hall–Kier alpha value is -1.37. The number of fused-ring (bicyclic) bond motifs is 2. The molecule has 0 spiro atoms. The van der Waals surface area contributed by atoms with Crippen LogP contribution in [0.5, 0.6) is 0 Å². The number of sulfone groups is 1. The first-order chi connectivity index (χ1) is 10.9. The van der Waals surface area contributed by atoms with Crippen LogP contribution in [0, 0.1) is 0 Å². The summed E-state index contributed by atoms with van der Waals surface area (Å²) in [6.07, 6.45) is 2.42. The third-order valence-electron chi connectivity index (χ3n) is 4.61. The minimum Gasteiger partial charge on any atom is -0.515 e. The average Bonchev–Trinajstić information content (AvgIpc) is 2.68. The predicted octanol–water partition coefficient (Wildman–Crippen LogP) is 2.41. The number of aliphatic hydroxyl groups is 1. The Morgan fingerprint density at radius 1 is 1.22 bits per heavy atom. The summed E-state index contributed by atoms with van der Waals surface area (Å²) < 4.78 is 25.7. The number of rotatable bonds is 2. The van der Waals surface area contributed by atoms with E-state index in [4.69, 9.17) is 11.6 Å². The summed E-state index contributed by atoms with van der Waals surface area (Å²) in [4.78, 5) is 12.3. The Morgan fingerprint density at radius 2 is 1.91 bits per heavy atom. The van der Waals surface area contributed by atoms with Crippen LogP contribution in [0.2, 0.25) is 5.02 Å². The molecule has 1 aromatic carbocycles. The van der Waals surface area contributed by atoms with Crippen LogP contribution in [-0.2, 0) is 14.6 Å². The molecule has 124 valence electrons. The third-order valence-corrected chi connectivity index (χ3v) is 7.10. The van der Waals surface area contributed by atoms with Gasteiger partial charge in [0, 0.05) is 29.1 Å². The van der Waals surface area contributed by atoms with Crippen LogP contribution >= 0.6 is 11.6 Å². The number of carbonyl (C=O) groups excluding carboxylic acids is 1. The zero-order chi connectivity index (χ0) is 16.6. The molecule has 2 saturated heterocycles. The molecule has 0 radical (unpaired) electrons. The largest absolute Gasteiger partial charge is 0.515 e. The Morgan fingerprint density at radius 3 is 2.57 bits per heavy atom. The molecule has 3 atom stereocenters. The number of ketones is 1. The monoisotopic (exact) mass is 355 g/mol. The molecule has 2 heterocycles. The van der Waals surface area contributed by atoms with Crippen LogP contribution in [-0.4, -0.2) is 36.6 Å². The number of benzene rings is 1. The van der Waals surface area contributed by atoms with Crippen molar-refractivity contribution in [1.82, 2.24) is 5.32 Å². The summed E-state index contributed by atoms with van der Waals surface area (Å²) in [5, 5.41) is 12.5. The van der Waals surface area contributed by atoms with E-state index >= 15 is 0 Å². The van der Waals surface area contributed by atoms with Gasteiger partial charge in [-0.15, -0.1) is 0 Å². The Balaban J connectivity index is 1.87. The molecular weight excluding hydrogens is 338 g/mol. The predicted molar refractivity (Wildman–Crippen MR) is 87.3 cm³/mol. The topological polar surface area (TPSA) is 83.5 Å². The quantitative estimate of drug-likeness (QED) is 0.628. The van der Waals surface area contributed by atoms with Crippen molar-refractivity contribution in [2.24, 2.45) is 0 Å². The lowest BCUT2D eigenvalue weighted by atomic mass is 9.92. The number of nitrogens with one attached hydrogen (secondary N) is 1. The minimum atomic E-state index is -3.47. The first kappa shape index (κ1) is 16.5. The van der Waals surface area contributed by atoms with Crippen molar-refractivity contribution in [2.45, 2.75) is 47.9 Å². The van der Waals surface area contributed by atoms with Crippen LogP contribution in [0.25, 0.3) is 0 Å². The van der Waals surface area contributed by atoms with Crippen molar-refractivity contribution < 1.29 is 18.3 Å². The molecule has 0 amide bonds. The van der Waals surface area contributed by atoms with Crippen molar-refractivity contribution in [2.75, 3.05) is 0 Å². The fourth-order valence-electron chi connectivity index (χ4n) is 3.41. The molecule has 0 aliphatic carbocycles. The van der Waals surface area contributed by atoms with Gasteiger partial charge in [-0.25, -0.2) is 8.42 Å². The van der Waals surface area contributed by atoms with Crippen molar-refractivity contribution in [3.05, 3.63) is 41.1 Å². The fraction of sp³-hybridized carbons (Fsp3) is 0.438. The molecule has 3 unspecified atom stereocenters. The Kier molecular flexibility index (Phi) is 4.49. The zero-order valence-corrected chi connectivity index (χ0v) is 14.0. The van der Waals surface area contributed by atoms with Gasteiger partial charge in [0.05, 0.1) is 16.4 Å². The second-order valence-electron chi connectivity index (χ2n) is 6.06. The third kappa shape index (κ3) is 3.16. The molecule has 0 saturated carbocycles. The van der Waals surface area contributed by atoms with E-state index in [-0.39, 0.29) is 29.2 Å². The van der Waals surface area contributed by atoms with E-state index in [1.54, 1.807) is 12.1 Å². The molecule has 2 bridgehead atoms. The van der Waals surface area contributed by atoms with Crippen molar-refractivity contribution >= 4 is 27.2 Å². The molecule has 7 heteroatoms. The standard InChI is InChI=1S/C16H18ClNO4S/c17-10-1-3-12(4-2-10)23(21,22)13-5-6-15-14(9-19)16(20)8-11(7-13)18-15/h1-4,9,11,13,15,18-19H,5-8H2/b14-9-. The average molecular weight is 356 g/mol. The zero-order valence-electron chi connectivity index (χ0n) is 12.4. The van der Waals surface area contributed by atoms with E-state index in [0.29, 0.717) is 29.9 Å². The first-order valence-electron chi connectivity index (χ1n) is 7.55. The highest BCUT2D eigenvalue weighted by Gasteiger charge is 2.39. The van der Waals surface area contributed by atoms with Crippen LogP contribution in [0.15, 0.2) is 41.0 Å². The van der Waals surface area contributed by atoms with Gasteiger partial charge in [0.15, 0.2) is 15.6 Å². The van der Waals surface area contributed by atoms with Gasteiger partial charge in [-0.05, 0) is 43.5 Å². The molecular formula is C16H18ClNO4S. The normalized spacial score (nSPS) is 30.2. The lowest BCUT2D eigenvalue weighted by molar-refractivity contribution is -0.117. The molecule has 23 heavy (non-hydrogen) atoms. The summed E-state index contributed by atoms with van der Waals surface area (Å²) >= 11 is 5.82. The molecule has 2 N–H and O–H groups in total. The van der Waals surface area contributed by atoms with E-state index in [1.807, 2.05) is 0 Å². The van der Waals surface area contributed by atoms with Gasteiger partial charge in [0.25, 0.3) is 0 Å². The number of halogens is 1. The van der Waals surface area contributed by atoms with Crippen molar-refractivity contribution in [1.29, 1.82) is 0 Å². The summed E-state index contributed by atoms with van der Waals surface area (Å²) in [7, 11) is -3.47. The van der Waals surface area contributed by atoms with Crippen molar-refractivity contribution in [3.8, 4) is 0 Å². The maximum atomic E-state index is 12.9. The number of hydrogen-bond acceptors (Lipinski definition) is 5. The molecule has 1 aromatic rings.